The molecule has 3 rings (SSSR count). The van der Waals surface area contributed by atoms with Crippen molar-refractivity contribution in [1.29, 1.82) is 0 Å². The van der Waals surface area contributed by atoms with Crippen molar-refractivity contribution in [3.05, 3.63) is 52.2 Å². The fourth-order valence-electron chi connectivity index (χ4n) is 3.16. The average molecular weight is 409 g/mol. The minimum absolute atomic E-state index is 0.0865. The Morgan fingerprint density at radius 2 is 2.15 bits per heavy atom. The highest BCUT2D eigenvalue weighted by molar-refractivity contribution is 7.88. The summed E-state index contributed by atoms with van der Waals surface area (Å²) in [4.78, 5) is 15.9. The molecule has 1 aromatic heterocycles. The lowest BCUT2D eigenvalue weighted by molar-refractivity contribution is 0.0618. The Hall–Kier alpha value is -1.90. The molecule has 1 aliphatic rings. The Morgan fingerprint density at radius 1 is 1.30 bits per heavy atom. The monoisotopic (exact) mass is 408 g/mol. The van der Waals surface area contributed by atoms with Crippen molar-refractivity contribution >= 4 is 27.3 Å². The summed E-state index contributed by atoms with van der Waals surface area (Å²) in [5.41, 5.74) is 0.560. The summed E-state index contributed by atoms with van der Waals surface area (Å²) in [6.07, 6.45) is 3.85. The van der Waals surface area contributed by atoms with E-state index in [-0.39, 0.29) is 18.5 Å². The normalized spacial score (nSPS) is 17.7. The highest BCUT2D eigenvalue weighted by Crippen LogP contribution is 2.22. The molecule has 2 heterocycles. The van der Waals surface area contributed by atoms with E-state index in [0.29, 0.717) is 24.5 Å². The van der Waals surface area contributed by atoms with Crippen LogP contribution in [0, 0.1) is 0 Å². The molecule has 27 heavy (non-hydrogen) atoms. The van der Waals surface area contributed by atoms with Gasteiger partial charge in [-0.1, -0.05) is 12.1 Å². The molecule has 2 aromatic rings. The average Bonchev–Trinajstić information content (AvgIpc) is 3.18. The summed E-state index contributed by atoms with van der Waals surface area (Å²) in [7, 11) is -3.28. The molecule has 1 amide bonds. The second-order valence-corrected chi connectivity index (χ2v) is 9.53. The minimum atomic E-state index is -3.28. The summed E-state index contributed by atoms with van der Waals surface area (Å²) in [6, 6.07) is 11.0. The Kier molecular flexibility index (Phi) is 6.51. The van der Waals surface area contributed by atoms with E-state index >= 15 is 0 Å². The van der Waals surface area contributed by atoms with Crippen molar-refractivity contribution in [2.45, 2.75) is 31.9 Å². The maximum absolute atomic E-state index is 13.0. The van der Waals surface area contributed by atoms with Gasteiger partial charge in [-0.15, -0.1) is 11.3 Å². The van der Waals surface area contributed by atoms with E-state index in [1.807, 2.05) is 29.6 Å². The molecule has 146 valence electrons. The Labute approximate surface area is 164 Å². The lowest BCUT2D eigenvalue weighted by Crippen LogP contribution is -2.49. The number of thiophene rings is 1. The number of amides is 1. The minimum Gasteiger partial charge on any atom is -0.488 e. The van der Waals surface area contributed by atoms with Crippen LogP contribution >= 0.6 is 11.3 Å². The second kappa shape index (κ2) is 8.86. The number of sulfonamides is 1. The van der Waals surface area contributed by atoms with Gasteiger partial charge in [0, 0.05) is 29.6 Å². The zero-order chi connectivity index (χ0) is 19.3. The van der Waals surface area contributed by atoms with Crippen molar-refractivity contribution in [3.8, 4) is 5.75 Å². The summed E-state index contributed by atoms with van der Waals surface area (Å²) in [5, 5.41) is 2.00. The van der Waals surface area contributed by atoms with Crippen LogP contribution in [0.25, 0.3) is 0 Å². The summed E-state index contributed by atoms with van der Waals surface area (Å²) in [6.45, 7) is 1.36. The molecule has 0 spiro atoms. The number of benzene rings is 1. The molecular weight excluding hydrogens is 384 g/mol. The zero-order valence-corrected chi connectivity index (χ0v) is 16.9. The van der Waals surface area contributed by atoms with Crippen LogP contribution in [-0.4, -0.2) is 44.6 Å². The topological polar surface area (TPSA) is 75.7 Å². The van der Waals surface area contributed by atoms with Gasteiger partial charge in [0.25, 0.3) is 5.91 Å². The quantitative estimate of drug-likeness (QED) is 0.764. The Bertz CT molecular complexity index is 866. The predicted molar refractivity (Wildman–Crippen MR) is 107 cm³/mol. The fourth-order valence-corrected chi connectivity index (χ4v) is 4.27. The van der Waals surface area contributed by atoms with Gasteiger partial charge in [0.05, 0.1) is 6.26 Å². The molecule has 1 aliphatic heterocycles. The maximum Gasteiger partial charge on any atom is 0.254 e. The first-order valence-electron chi connectivity index (χ1n) is 8.93. The number of likely N-dealkylation sites (tertiary alicyclic amines) is 1. The molecule has 1 atom stereocenters. The van der Waals surface area contributed by atoms with Crippen molar-refractivity contribution in [3.63, 3.8) is 0 Å². The molecule has 0 saturated carbocycles. The molecule has 0 bridgehead atoms. The van der Waals surface area contributed by atoms with Crippen LogP contribution < -0.4 is 9.46 Å². The maximum atomic E-state index is 13.0. The van der Waals surface area contributed by atoms with E-state index in [0.717, 1.165) is 30.4 Å². The van der Waals surface area contributed by atoms with Crippen LogP contribution in [0.2, 0.25) is 0 Å². The highest BCUT2D eigenvalue weighted by Gasteiger charge is 2.28. The van der Waals surface area contributed by atoms with Crippen LogP contribution in [-0.2, 0) is 16.6 Å². The molecule has 1 fully saturated rings. The van der Waals surface area contributed by atoms with Gasteiger partial charge in [0.15, 0.2) is 0 Å². The third-order valence-electron chi connectivity index (χ3n) is 4.51. The fraction of sp³-hybridized carbons (Fsp3) is 0.421. The van der Waals surface area contributed by atoms with E-state index in [9.17, 15) is 13.2 Å². The number of nitrogens with zero attached hydrogens (tertiary/aromatic N) is 1. The number of piperidine rings is 1. The number of rotatable bonds is 7. The summed E-state index contributed by atoms with van der Waals surface area (Å²) >= 11 is 1.63. The molecule has 0 radical (unpaired) electrons. The van der Waals surface area contributed by atoms with E-state index in [1.165, 1.54) is 0 Å². The van der Waals surface area contributed by atoms with Crippen molar-refractivity contribution in [2.24, 2.45) is 0 Å². The van der Waals surface area contributed by atoms with Crippen molar-refractivity contribution in [2.75, 3.05) is 19.3 Å². The molecule has 1 saturated heterocycles. The number of hydrogen-bond donors (Lipinski definition) is 1. The SMILES string of the molecule is CS(=O)(=O)NCC1CCCCN1C(=O)c1cccc(OCc2cccs2)c1. The van der Waals surface area contributed by atoms with Crippen LogP contribution in [0.1, 0.15) is 34.5 Å². The molecule has 6 nitrogen and oxygen atoms in total. The predicted octanol–water partition coefficient (Wildman–Crippen LogP) is 2.87. The molecule has 0 aliphatic carbocycles. The van der Waals surface area contributed by atoms with Crippen LogP contribution in [0.15, 0.2) is 41.8 Å². The first-order valence-corrected chi connectivity index (χ1v) is 11.7. The lowest BCUT2D eigenvalue weighted by Gasteiger charge is -2.36. The van der Waals surface area contributed by atoms with Gasteiger partial charge in [-0.25, -0.2) is 13.1 Å². The largest absolute Gasteiger partial charge is 0.488 e. The third-order valence-corrected chi connectivity index (χ3v) is 6.05. The zero-order valence-electron chi connectivity index (χ0n) is 15.3. The van der Waals surface area contributed by atoms with Gasteiger partial charge in [-0.2, -0.15) is 0 Å². The van der Waals surface area contributed by atoms with Gasteiger partial charge in [0.1, 0.15) is 12.4 Å². The third kappa shape index (κ3) is 5.79. The molecular formula is C19H24N2O4S2. The lowest BCUT2D eigenvalue weighted by atomic mass is 10.0. The van der Waals surface area contributed by atoms with Gasteiger partial charge in [0.2, 0.25) is 10.0 Å². The van der Waals surface area contributed by atoms with E-state index < -0.39 is 10.0 Å². The first-order chi connectivity index (χ1) is 12.9. The number of carbonyl (C=O) groups excluding carboxylic acids is 1. The van der Waals surface area contributed by atoms with E-state index in [1.54, 1.807) is 28.4 Å². The Balaban J connectivity index is 1.68. The number of ether oxygens (including phenoxy) is 1. The first kappa shape index (κ1) is 19.9. The standard InChI is InChI=1S/C19H24N2O4S2/c1-27(23,24)20-13-16-7-2-3-10-21(16)19(22)15-6-4-8-17(12-15)25-14-18-9-5-11-26-18/h4-6,8-9,11-12,16,20H,2-3,7,10,13-14H2,1H3. The van der Waals surface area contributed by atoms with Crippen LogP contribution in [0.5, 0.6) is 5.75 Å². The summed E-state index contributed by atoms with van der Waals surface area (Å²) in [5.74, 6) is 0.564. The highest BCUT2D eigenvalue weighted by atomic mass is 32.2. The van der Waals surface area contributed by atoms with Gasteiger partial charge < -0.3 is 9.64 Å². The number of carbonyl (C=O) groups is 1. The number of hydrogen-bond acceptors (Lipinski definition) is 5. The smallest absolute Gasteiger partial charge is 0.254 e. The van der Waals surface area contributed by atoms with Crippen molar-refractivity contribution in [1.82, 2.24) is 9.62 Å². The van der Waals surface area contributed by atoms with Crippen molar-refractivity contribution < 1.29 is 17.9 Å². The van der Waals surface area contributed by atoms with Gasteiger partial charge >= 0.3 is 0 Å². The molecule has 1 N–H and O–H groups in total. The molecule has 1 aromatic carbocycles. The number of nitrogens with one attached hydrogen (secondary N) is 1. The van der Waals surface area contributed by atoms with Gasteiger partial charge in [-0.3, -0.25) is 4.79 Å². The Morgan fingerprint density at radius 3 is 2.89 bits per heavy atom. The van der Waals surface area contributed by atoms with Gasteiger partial charge in [-0.05, 0) is 48.9 Å². The van der Waals surface area contributed by atoms with Crippen LogP contribution in [0.4, 0.5) is 0 Å². The second-order valence-electron chi connectivity index (χ2n) is 6.66. The summed E-state index contributed by atoms with van der Waals surface area (Å²) < 4.78 is 31.1. The molecule has 8 heteroatoms. The van der Waals surface area contributed by atoms with E-state index in [2.05, 4.69) is 4.72 Å². The van der Waals surface area contributed by atoms with E-state index in [4.69, 9.17) is 4.74 Å². The van der Waals surface area contributed by atoms with Crippen LogP contribution in [0.3, 0.4) is 0 Å². The molecule has 1 unspecified atom stereocenters.